The van der Waals surface area contributed by atoms with Crippen LogP contribution in [0.4, 0.5) is 10.1 Å². The Hall–Kier alpha value is -3.43. The molecular weight excluding hydrogens is 541 g/mol. The van der Waals surface area contributed by atoms with Crippen molar-refractivity contribution in [2.75, 3.05) is 10.8 Å². The molecule has 3 aromatic carbocycles. The van der Waals surface area contributed by atoms with E-state index in [1.54, 1.807) is 51.1 Å². The van der Waals surface area contributed by atoms with Gasteiger partial charge in [0.15, 0.2) is 0 Å². The summed E-state index contributed by atoms with van der Waals surface area (Å²) in [5, 5.41) is 3.06. The second-order valence-electron chi connectivity index (χ2n) is 9.71. The lowest BCUT2D eigenvalue weighted by Gasteiger charge is -2.32. The van der Waals surface area contributed by atoms with Gasteiger partial charge in [-0.05, 0) is 70.5 Å². The number of anilines is 1. The molecule has 0 spiro atoms. The molecule has 0 saturated heterocycles. The van der Waals surface area contributed by atoms with Crippen molar-refractivity contribution in [1.29, 1.82) is 0 Å². The topological polar surface area (TPSA) is 86.8 Å². The van der Waals surface area contributed by atoms with Crippen molar-refractivity contribution in [2.45, 2.75) is 58.1 Å². The molecule has 7 nitrogen and oxygen atoms in total. The van der Waals surface area contributed by atoms with Crippen LogP contribution in [0, 0.1) is 19.7 Å². The van der Waals surface area contributed by atoms with Crippen LogP contribution in [-0.2, 0) is 26.2 Å². The standard InChI is InChI=1S/C29H33ClFN3O4S/c1-19(2)32-29(36)22(5)33(17-23-8-6-7-9-26(23)31)28(35)18-34(27-16-24(30)13-12-21(27)4)39(37,38)25-14-10-20(3)11-15-25/h6-16,19,22H,17-18H2,1-5H3,(H,32,36)/t22-/m0/s1. The molecule has 10 heteroatoms. The summed E-state index contributed by atoms with van der Waals surface area (Å²) in [4.78, 5) is 28.0. The summed E-state index contributed by atoms with van der Waals surface area (Å²) in [7, 11) is -4.23. The average molecular weight is 574 g/mol. The summed E-state index contributed by atoms with van der Waals surface area (Å²) in [6.45, 7) is 7.78. The van der Waals surface area contributed by atoms with E-state index in [4.69, 9.17) is 11.6 Å². The summed E-state index contributed by atoms with van der Waals surface area (Å²) in [6, 6.07) is 15.8. The maximum Gasteiger partial charge on any atom is 0.264 e. The zero-order chi connectivity index (χ0) is 28.9. The molecule has 2 amide bonds. The van der Waals surface area contributed by atoms with Crippen LogP contribution in [0.5, 0.6) is 0 Å². The number of amides is 2. The molecule has 0 aromatic heterocycles. The molecule has 0 aliphatic rings. The van der Waals surface area contributed by atoms with Crippen LogP contribution in [0.1, 0.15) is 37.5 Å². The van der Waals surface area contributed by atoms with Gasteiger partial charge in [0.05, 0.1) is 10.6 Å². The lowest BCUT2D eigenvalue weighted by atomic mass is 10.1. The molecule has 1 atom stereocenters. The van der Waals surface area contributed by atoms with E-state index in [1.807, 2.05) is 6.92 Å². The molecule has 0 saturated carbocycles. The maximum absolute atomic E-state index is 14.6. The Labute approximate surface area is 234 Å². The summed E-state index contributed by atoms with van der Waals surface area (Å²) in [5.74, 6) is -1.66. The number of halogens is 2. The normalized spacial score (nSPS) is 12.2. The molecular formula is C29H33ClFN3O4S. The van der Waals surface area contributed by atoms with E-state index in [9.17, 15) is 22.4 Å². The van der Waals surface area contributed by atoms with Gasteiger partial charge >= 0.3 is 0 Å². The molecule has 0 aliphatic heterocycles. The van der Waals surface area contributed by atoms with E-state index in [2.05, 4.69) is 5.32 Å². The largest absolute Gasteiger partial charge is 0.352 e. The first kappa shape index (κ1) is 30.1. The van der Waals surface area contributed by atoms with Gasteiger partial charge in [0, 0.05) is 23.2 Å². The molecule has 0 heterocycles. The Morgan fingerprint density at radius 1 is 0.974 bits per heavy atom. The van der Waals surface area contributed by atoms with Crippen molar-refractivity contribution in [3.05, 3.63) is 94.3 Å². The average Bonchev–Trinajstić information content (AvgIpc) is 2.87. The monoisotopic (exact) mass is 573 g/mol. The number of hydrogen-bond acceptors (Lipinski definition) is 4. The molecule has 3 rings (SSSR count). The summed E-state index contributed by atoms with van der Waals surface area (Å²) in [5.41, 5.74) is 1.87. The van der Waals surface area contributed by atoms with Crippen molar-refractivity contribution in [3.63, 3.8) is 0 Å². The molecule has 0 aliphatic carbocycles. The van der Waals surface area contributed by atoms with Crippen LogP contribution in [0.2, 0.25) is 5.02 Å². The highest BCUT2D eigenvalue weighted by Crippen LogP contribution is 2.30. The van der Waals surface area contributed by atoms with E-state index in [0.717, 1.165) is 9.87 Å². The van der Waals surface area contributed by atoms with Crippen LogP contribution in [0.3, 0.4) is 0 Å². The number of nitrogens with zero attached hydrogens (tertiary/aromatic N) is 2. The fourth-order valence-corrected chi connectivity index (χ4v) is 5.64. The fourth-order valence-electron chi connectivity index (χ4n) is 4.00. The number of nitrogens with one attached hydrogen (secondary N) is 1. The smallest absolute Gasteiger partial charge is 0.264 e. The Kier molecular flexibility index (Phi) is 9.74. The Morgan fingerprint density at radius 3 is 2.23 bits per heavy atom. The molecule has 0 radical (unpaired) electrons. The van der Waals surface area contributed by atoms with Gasteiger partial charge in [-0.15, -0.1) is 0 Å². The zero-order valence-electron chi connectivity index (χ0n) is 22.6. The quantitative estimate of drug-likeness (QED) is 0.360. The van der Waals surface area contributed by atoms with E-state index in [1.165, 1.54) is 48.2 Å². The number of benzene rings is 3. The summed E-state index contributed by atoms with van der Waals surface area (Å²) >= 11 is 6.23. The highest BCUT2D eigenvalue weighted by molar-refractivity contribution is 7.92. The predicted molar refractivity (Wildman–Crippen MR) is 152 cm³/mol. The molecule has 208 valence electrons. The fraction of sp³-hybridized carbons (Fsp3) is 0.310. The first-order valence-corrected chi connectivity index (χ1v) is 14.3. The van der Waals surface area contributed by atoms with E-state index in [0.29, 0.717) is 10.6 Å². The van der Waals surface area contributed by atoms with Gasteiger partial charge in [0.1, 0.15) is 18.4 Å². The summed E-state index contributed by atoms with van der Waals surface area (Å²) < 4.78 is 43.4. The second-order valence-corrected chi connectivity index (χ2v) is 12.0. The van der Waals surface area contributed by atoms with Gasteiger partial charge in [-0.1, -0.05) is 53.6 Å². The minimum absolute atomic E-state index is 0.00784. The van der Waals surface area contributed by atoms with Gasteiger partial charge in [0.25, 0.3) is 10.0 Å². The molecule has 0 bridgehead atoms. The van der Waals surface area contributed by atoms with Crippen LogP contribution < -0.4 is 9.62 Å². The van der Waals surface area contributed by atoms with Crippen molar-refractivity contribution < 1.29 is 22.4 Å². The highest BCUT2D eigenvalue weighted by atomic mass is 35.5. The third-order valence-electron chi connectivity index (χ3n) is 6.22. The van der Waals surface area contributed by atoms with Crippen molar-refractivity contribution in [2.24, 2.45) is 0 Å². The van der Waals surface area contributed by atoms with Crippen LogP contribution in [0.25, 0.3) is 0 Å². The molecule has 39 heavy (non-hydrogen) atoms. The van der Waals surface area contributed by atoms with Gasteiger partial charge in [0.2, 0.25) is 11.8 Å². The third-order valence-corrected chi connectivity index (χ3v) is 8.23. The number of hydrogen-bond donors (Lipinski definition) is 1. The highest BCUT2D eigenvalue weighted by Gasteiger charge is 2.33. The lowest BCUT2D eigenvalue weighted by Crippen LogP contribution is -2.52. The van der Waals surface area contributed by atoms with Gasteiger partial charge < -0.3 is 10.2 Å². The second kappa shape index (κ2) is 12.6. The Balaban J connectivity index is 2.09. The van der Waals surface area contributed by atoms with E-state index < -0.39 is 40.2 Å². The molecule has 0 unspecified atom stereocenters. The zero-order valence-corrected chi connectivity index (χ0v) is 24.2. The molecule has 0 fully saturated rings. The summed E-state index contributed by atoms with van der Waals surface area (Å²) in [6.07, 6.45) is 0. The maximum atomic E-state index is 14.6. The minimum atomic E-state index is -4.23. The van der Waals surface area contributed by atoms with Crippen LogP contribution >= 0.6 is 11.6 Å². The lowest BCUT2D eigenvalue weighted by molar-refractivity contribution is -0.139. The van der Waals surface area contributed by atoms with E-state index in [-0.39, 0.29) is 28.7 Å². The van der Waals surface area contributed by atoms with Crippen molar-refractivity contribution in [3.8, 4) is 0 Å². The number of carbonyl (C=O) groups excluding carboxylic acids is 2. The van der Waals surface area contributed by atoms with Crippen molar-refractivity contribution in [1.82, 2.24) is 10.2 Å². The molecule has 3 aromatic rings. The van der Waals surface area contributed by atoms with Gasteiger partial charge in [-0.25, -0.2) is 12.8 Å². The van der Waals surface area contributed by atoms with Gasteiger partial charge in [-0.3, -0.25) is 13.9 Å². The van der Waals surface area contributed by atoms with E-state index >= 15 is 0 Å². The Morgan fingerprint density at radius 2 is 1.62 bits per heavy atom. The molecule has 1 N–H and O–H groups in total. The van der Waals surface area contributed by atoms with Gasteiger partial charge in [-0.2, -0.15) is 0 Å². The predicted octanol–water partition coefficient (Wildman–Crippen LogP) is 5.23. The van der Waals surface area contributed by atoms with Crippen LogP contribution in [0.15, 0.2) is 71.6 Å². The first-order chi connectivity index (χ1) is 18.3. The van der Waals surface area contributed by atoms with Crippen molar-refractivity contribution >= 4 is 39.1 Å². The third kappa shape index (κ3) is 7.36. The number of aryl methyl sites for hydroxylation is 2. The minimum Gasteiger partial charge on any atom is -0.352 e. The number of rotatable bonds is 10. The SMILES string of the molecule is Cc1ccc(S(=O)(=O)N(CC(=O)N(Cc2ccccc2F)[C@@H](C)C(=O)NC(C)C)c2cc(Cl)ccc2C)cc1. The Bertz CT molecular complexity index is 1450. The number of sulfonamides is 1. The number of carbonyl (C=O) groups is 2. The van der Waals surface area contributed by atoms with Crippen LogP contribution in [-0.4, -0.2) is 43.8 Å². The first-order valence-electron chi connectivity index (χ1n) is 12.5.